The predicted octanol–water partition coefficient (Wildman–Crippen LogP) is 3.74. The summed E-state index contributed by atoms with van der Waals surface area (Å²) in [6.07, 6.45) is 1.94. The number of rotatable bonds is 4. The van der Waals surface area contributed by atoms with Crippen LogP contribution in [-0.4, -0.2) is 21.9 Å². The summed E-state index contributed by atoms with van der Waals surface area (Å²) in [6.45, 7) is 0.602. The zero-order valence-corrected chi connectivity index (χ0v) is 14.7. The fourth-order valence-electron chi connectivity index (χ4n) is 2.83. The third kappa shape index (κ3) is 3.06. The molecule has 0 aliphatic carbocycles. The molecular weight excluding hydrogens is 358 g/mol. The lowest BCUT2D eigenvalue weighted by atomic mass is 10.0. The van der Waals surface area contributed by atoms with E-state index in [0.717, 1.165) is 11.1 Å². The summed E-state index contributed by atoms with van der Waals surface area (Å²) in [4.78, 5) is 28.1. The van der Waals surface area contributed by atoms with E-state index in [9.17, 15) is 9.59 Å². The van der Waals surface area contributed by atoms with Crippen LogP contribution < -0.4 is 11.0 Å². The molecule has 4 rings (SSSR count). The molecule has 1 aliphatic heterocycles. The van der Waals surface area contributed by atoms with Crippen LogP contribution in [0.1, 0.15) is 20.9 Å². The number of hydrogen-bond acceptors (Lipinski definition) is 4. The molecule has 0 radical (unpaired) electrons. The number of carbonyl (C=O) groups is 1. The molecule has 0 saturated carbocycles. The smallest absolute Gasteiger partial charge is 0.328 e. The maximum Gasteiger partial charge on any atom is 0.328 e. The Labute approximate surface area is 152 Å². The van der Waals surface area contributed by atoms with Gasteiger partial charge in [-0.3, -0.25) is 14.3 Å². The first kappa shape index (κ1) is 15.9. The first-order chi connectivity index (χ1) is 12.1. The van der Waals surface area contributed by atoms with Gasteiger partial charge in [-0.15, -0.1) is 11.3 Å². The molecule has 0 saturated heterocycles. The number of nitrogens with one attached hydrogen (secondary N) is 2. The van der Waals surface area contributed by atoms with Crippen molar-refractivity contribution < 1.29 is 4.79 Å². The zero-order valence-electron chi connectivity index (χ0n) is 13.1. The Morgan fingerprint density at radius 3 is 2.76 bits per heavy atom. The van der Waals surface area contributed by atoms with E-state index in [0.29, 0.717) is 28.0 Å². The highest BCUT2D eigenvalue weighted by Gasteiger charge is 2.20. The number of H-pyrrole nitrogens is 1. The van der Waals surface area contributed by atoms with Gasteiger partial charge in [0.1, 0.15) is 5.82 Å². The molecule has 0 fully saturated rings. The number of thiophene rings is 1. The Kier molecular flexibility index (Phi) is 4.07. The molecule has 3 heterocycles. The van der Waals surface area contributed by atoms with Crippen LogP contribution in [0.4, 0.5) is 5.82 Å². The molecule has 5 nitrogen and oxygen atoms in total. The molecule has 0 bridgehead atoms. The molecule has 1 aromatic carbocycles. The van der Waals surface area contributed by atoms with Crippen LogP contribution in [-0.2, 0) is 6.54 Å². The van der Waals surface area contributed by atoms with Crippen LogP contribution in [0, 0.1) is 0 Å². The van der Waals surface area contributed by atoms with Crippen LogP contribution in [0.5, 0.6) is 0 Å². The van der Waals surface area contributed by atoms with Crippen LogP contribution in [0.3, 0.4) is 0 Å². The van der Waals surface area contributed by atoms with Crippen molar-refractivity contribution in [3.8, 4) is 0 Å². The fourth-order valence-corrected chi connectivity index (χ4v) is 3.62. The molecule has 0 spiro atoms. The van der Waals surface area contributed by atoms with Crippen molar-refractivity contribution in [1.29, 1.82) is 0 Å². The van der Waals surface area contributed by atoms with Gasteiger partial charge in [-0.25, -0.2) is 4.79 Å². The minimum Gasteiger partial charge on any atom is -0.366 e. The van der Waals surface area contributed by atoms with E-state index in [1.165, 1.54) is 15.9 Å². The van der Waals surface area contributed by atoms with Crippen molar-refractivity contribution in [3.63, 3.8) is 0 Å². The van der Waals surface area contributed by atoms with E-state index in [4.69, 9.17) is 11.6 Å². The average Bonchev–Trinajstić information content (AvgIpc) is 3.24. The SMILES string of the molecule is O=C(Cn1c2c([nH]c1=O)NCC(c1ccc(Cl)cc1)=C2)c1cccs1. The van der Waals surface area contributed by atoms with Gasteiger partial charge in [-0.05, 0) is 40.8 Å². The second kappa shape index (κ2) is 6.38. The lowest BCUT2D eigenvalue weighted by Gasteiger charge is -2.17. The molecule has 2 aromatic heterocycles. The Hall–Kier alpha value is -2.57. The van der Waals surface area contributed by atoms with Gasteiger partial charge in [0.15, 0.2) is 5.78 Å². The van der Waals surface area contributed by atoms with Gasteiger partial charge in [0.2, 0.25) is 0 Å². The number of ketones is 1. The van der Waals surface area contributed by atoms with Gasteiger partial charge in [0.05, 0.1) is 17.1 Å². The molecule has 0 amide bonds. The number of hydrogen-bond donors (Lipinski definition) is 2. The van der Waals surface area contributed by atoms with Gasteiger partial charge in [-0.2, -0.15) is 0 Å². The summed E-state index contributed by atoms with van der Waals surface area (Å²) >= 11 is 7.32. The van der Waals surface area contributed by atoms with Crippen LogP contribution in [0.15, 0.2) is 46.6 Å². The second-order valence-corrected chi connectivity index (χ2v) is 7.09. The van der Waals surface area contributed by atoms with Crippen molar-refractivity contribution in [3.05, 3.63) is 73.4 Å². The summed E-state index contributed by atoms with van der Waals surface area (Å²) < 4.78 is 1.47. The number of anilines is 1. The normalized spacial score (nSPS) is 13.1. The summed E-state index contributed by atoms with van der Waals surface area (Å²) in [5.74, 6) is 0.563. The average molecular weight is 372 g/mol. The van der Waals surface area contributed by atoms with Gasteiger partial charge < -0.3 is 5.32 Å². The molecule has 7 heteroatoms. The lowest BCUT2D eigenvalue weighted by Crippen LogP contribution is -2.22. The molecular formula is C18H14ClN3O2S. The Morgan fingerprint density at radius 1 is 1.24 bits per heavy atom. The molecule has 2 N–H and O–H groups in total. The number of nitrogens with zero attached hydrogens (tertiary/aromatic N) is 1. The summed E-state index contributed by atoms with van der Waals surface area (Å²) in [5.41, 5.74) is 2.44. The molecule has 1 aliphatic rings. The number of carbonyl (C=O) groups excluding carboxylic acids is 1. The standard InChI is InChI=1S/C18H14ClN3O2S/c19-13-5-3-11(4-6-13)12-8-14-17(20-9-12)21-18(24)22(14)10-15(23)16-2-1-7-25-16/h1-8,20H,9-10H2,(H,21,24). The highest BCUT2D eigenvalue weighted by atomic mass is 35.5. The fraction of sp³-hybridized carbons (Fsp3) is 0.111. The maximum absolute atomic E-state index is 12.4. The van der Waals surface area contributed by atoms with Crippen molar-refractivity contribution in [2.45, 2.75) is 6.54 Å². The largest absolute Gasteiger partial charge is 0.366 e. The van der Waals surface area contributed by atoms with E-state index in [1.54, 1.807) is 6.07 Å². The second-order valence-electron chi connectivity index (χ2n) is 5.71. The van der Waals surface area contributed by atoms with Crippen molar-refractivity contribution in [2.24, 2.45) is 0 Å². The quantitative estimate of drug-likeness (QED) is 0.686. The van der Waals surface area contributed by atoms with E-state index in [2.05, 4.69) is 10.3 Å². The van der Waals surface area contributed by atoms with Gasteiger partial charge in [0, 0.05) is 11.6 Å². The number of fused-ring (bicyclic) bond motifs is 1. The van der Waals surface area contributed by atoms with E-state index < -0.39 is 0 Å². The van der Waals surface area contributed by atoms with Crippen LogP contribution in [0.2, 0.25) is 5.02 Å². The molecule has 3 aromatic rings. The summed E-state index contributed by atoms with van der Waals surface area (Å²) in [7, 11) is 0. The van der Waals surface area contributed by atoms with Crippen molar-refractivity contribution >= 4 is 46.2 Å². The molecule has 126 valence electrons. The van der Waals surface area contributed by atoms with Crippen molar-refractivity contribution in [1.82, 2.24) is 9.55 Å². The van der Waals surface area contributed by atoms with E-state index in [1.807, 2.05) is 41.8 Å². The third-order valence-corrected chi connectivity index (χ3v) is 5.27. The van der Waals surface area contributed by atoms with Gasteiger partial charge >= 0.3 is 5.69 Å². The lowest BCUT2D eigenvalue weighted by molar-refractivity contribution is 0.0974. The number of benzene rings is 1. The number of halogens is 1. The maximum atomic E-state index is 12.4. The highest BCUT2D eigenvalue weighted by Crippen LogP contribution is 2.27. The van der Waals surface area contributed by atoms with Gasteiger partial charge in [-0.1, -0.05) is 29.8 Å². The minimum atomic E-state index is -0.295. The third-order valence-electron chi connectivity index (χ3n) is 4.10. The first-order valence-corrected chi connectivity index (χ1v) is 8.97. The highest BCUT2D eigenvalue weighted by molar-refractivity contribution is 7.12. The number of Topliss-reactive ketones (excluding diaryl/α,β-unsaturated/α-hetero) is 1. The molecule has 0 atom stereocenters. The Morgan fingerprint density at radius 2 is 2.04 bits per heavy atom. The van der Waals surface area contributed by atoms with E-state index in [-0.39, 0.29) is 18.0 Å². The predicted molar refractivity (Wildman–Crippen MR) is 102 cm³/mol. The Bertz CT molecular complexity index is 1010. The van der Waals surface area contributed by atoms with Gasteiger partial charge in [0.25, 0.3) is 0 Å². The number of aromatic nitrogens is 2. The molecule has 25 heavy (non-hydrogen) atoms. The summed E-state index contributed by atoms with van der Waals surface area (Å²) in [5, 5.41) is 5.73. The van der Waals surface area contributed by atoms with E-state index >= 15 is 0 Å². The van der Waals surface area contributed by atoms with Crippen LogP contribution in [0.25, 0.3) is 11.6 Å². The monoisotopic (exact) mass is 371 g/mol. The first-order valence-electron chi connectivity index (χ1n) is 7.72. The van der Waals surface area contributed by atoms with Crippen LogP contribution >= 0.6 is 22.9 Å². The number of aromatic amines is 1. The topological polar surface area (TPSA) is 66.9 Å². The number of imidazole rings is 1. The summed E-state index contributed by atoms with van der Waals surface area (Å²) in [6, 6.07) is 11.1. The van der Waals surface area contributed by atoms with Crippen molar-refractivity contribution in [2.75, 3.05) is 11.9 Å². The Balaban J connectivity index is 1.70. The molecule has 0 unspecified atom stereocenters. The minimum absolute atomic E-state index is 0.0112. The zero-order chi connectivity index (χ0) is 17.4.